The first kappa shape index (κ1) is 19.9. The fraction of sp³-hybridized carbons (Fsp3) is 0.278. The van der Waals surface area contributed by atoms with Crippen molar-refractivity contribution in [2.24, 2.45) is 0 Å². The van der Waals surface area contributed by atoms with Crippen molar-refractivity contribution >= 4 is 15.9 Å². The number of ether oxygens (including phenoxy) is 1. The second-order valence-corrected chi connectivity index (χ2v) is 7.73. The number of hydrogen-bond acceptors (Lipinski definition) is 4. The first-order chi connectivity index (χ1) is 12.3. The number of hydrogen-bond donors (Lipinski definition) is 1. The third kappa shape index (κ3) is 5.82. The van der Waals surface area contributed by atoms with E-state index < -0.39 is 15.9 Å². The van der Waals surface area contributed by atoms with Crippen LogP contribution in [0.4, 0.5) is 4.39 Å². The summed E-state index contributed by atoms with van der Waals surface area (Å²) in [5.41, 5.74) is 1.38. The highest BCUT2D eigenvalue weighted by molar-refractivity contribution is 7.88. The van der Waals surface area contributed by atoms with Crippen LogP contribution in [0.15, 0.2) is 48.5 Å². The molecule has 1 amide bonds. The van der Waals surface area contributed by atoms with Crippen molar-refractivity contribution in [1.82, 2.24) is 9.62 Å². The summed E-state index contributed by atoms with van der Waals surface area (Å²) in [5, 5.41) is 2.64. The molecule has 0 aromatic heterocycles. The highest BCUT2D eigenvalue weighted by atomic mass is 32.2. The van der Waals surface area contributed by atoms with E-state index in [1.807, 2.05) is 0 Å². The van der Waals surface area contributed by atoms with Gasteiger partial charge in [-0.2, -0.15) is 4.31 Å². The van der Waals surface area contributed by atoms with Gasteiger partial charge in [-0.1, -0.05) is 30.3 Å². The molecule has 140 valence electrons. The molecular weight excluding hydrogens is 359 g/mol. The third-order valence-electron chi connectivity index (χ3n) is 3.73. The average molecular weight is 380 g/mol. The topological polar surface area (TPSA) is 75.7 Å². The average Bonchev–Trinajstić information content (AvgIpc) is 2.60. The van der Waals surface area contributed by atoms with Gasteiger partial charge in [0.1, 0.15) is 11.6 Å². The molecule has 2 rings (SSSR count). The van der Waals surface area contributed by atoms with Crippen molar-refractivity contribution in [2.45, 2.75) is 13.1 Å². The minimum absolute atomic E-state index is 0.0206. The summed E-state index contributed by atoms with van der Waals surface area (Å²) >= 11 is 0. The van der Waals surface area contributed by atoms with Crippen LogP contribution >= 0.6 is 0 Å². The fourth-order valence-electron chi connectivity index (χ4n) is 2.33. The van der Waals surface area contributed by atoms with E-state index in [1.54, 1.807) is 36.4 Å². The molecule has 8 heteroatoms. The van der Waals surface area contributed by atoms with Gasteiger partial charge < -0.3 is 10.1 Å². The van der Waals surface area contributed by atoms with E-state index in [2.05, 4.69) is 5.32 Å². The van der Waals surface area contributed by atoms with Crippen molar-refractivity contribution in [3.8, 4) is 5.75 Å². The molecule has 0 spiro atoms. The van der Waals surface area contributed by atoms with Crippen LogP contribution in [-0.4, -0.2) is 38.5 Å². The number of amides is 1. The number of sulfonamides is 1. The molecule has 6 nitrogen and oxygen atoms in total. The van der Waals surface area contributed by atoms with Gasteiger partial charge in [-0.25, -0.2) is 12.8 Å². The Morgan fingerprint density at radius 3 is 2.42 bits per heavy atom. The number of nitrogens with zero attached hydrogens (tertiary/aromatic N) is 1. The van der Waals surface area contributed by atoms with E-state index in [1.165, 1.54) is 19.2 Å². The van der Waals surface area contributed by atoms with E-state index in [4.69, 9.17) is 4.74 Å². The molecule has 2 aromatic rings. The van der Waals surface area contributed by atoms with Crippen LogP contribution in [0.1, 0.15) is 11.1 Å². The van der Waals surface area contributed by atoms with Gasteiger partial charge in [-0.05, 0) is 23.8 Å². The number of halogens is 1. The van der Waals surface area contributed by atoms with Crippen LogP contribution in [-0.2, 0) is 27.9 Å². The lowest BCUT2D eigenvalue weighted by atomic mass is 10.2. The summed E-state index contributed by atoms with van der Waals surface area (Å²) in [4.78, 5) is 12.2. The van der Waals surface area contributed by atoms with Gasteiger partial charge in [0, 0.05) is 18.7 Å². The molecule has 0 aliphatic heterocycles. The maximum absolute atomic E-state index is 12.9. The van der Waals surface area contributed by atoms with Gasteiger partial charge in [0.2, 0.25) is 15.9 Å². The van der Waals surface area contributed by atoms with Crippen LogP contribution in [0.25, 0.3) is 0 Å². The molecular formula is C18H21FN2O4S. The molecule has 0 saturated heterocycles. The van der Waals surface area contributed by atoms with E-state index in [-0.39, 0.29) is 25.5 Å². The number of benzene rings is 2. The normalized spacial score (nSPS) is 11.4. The molecule has 0 heterocycles. The van der Waals surface area contributed by atoms with E-state index in [9.17, 15) is 17.6 Å². The standard InChI is InChI=1S/C18H21FN2O4S/c1-25-17-6-4-3-5-15(17)12-21(26(2,23)24)13-18(22)20-11-14-7-9-16(19)10-8-14/h3-10H,11-13H2,1-2H3,(H,20,22). The number of methoxy groups -OCH3 is 1. The smallest absolute Gasteiger partial charge is 0.235 e. The van der Waals surface area contributed by atoms with Crippen LogP contribution in [0.3, 0.4) is 0 Å². The molecule has 0 aliphatic rings. The second kappa shape index (κ2) is 8.77. The second-order valence-electron chi connectivity index (χ2n) is 5.75. The van der Waals surface area contributed by atoms with Crippen LogP contribution in [0.5, 0.6) is 5.75 Å². The minimum atomic E-state index is -3.60. The summed E-state index contributed by atoms with van der Waals surface area (Å²) in [6.07, 6.45) is 1.05. The van der Waals surface area contributed by atoms with Crippen molar-refractivity contribution in [1.29, 1.82) is 0 Å². The monoisotopic (exact) mass is 380 g/mol. The van der Waals surface area contributed by atoms with Gasteiger partial charge in [0.25, 0.3) is 0 Å². The lowest BCUT2D eigenvalue weighted by Gasteiger charge is -2.20. The summed E-state index contributed by atoms with van der Waals surface area (Å²) in [7, 11) is -2.11. The Bertz CT molecular complexity index is 854. The Morgan fingerprint density at radius 2 is 1.81 bits per heavy atom. The first-order valence-corrected chi connectivity index (χ1v) is 9.72. The molecule has 0 radical (unpaired) electrons. The molecule has 0 aliphatic carbocycles. The SMILES string of the molecule is COc1ccccc1CN(CC(=O)NCc1ccc(F)cc1)S(C)(=O)=O. The van der Waals surface area contributed by atoms with Crippen molar-refractivity contribution in [2.75, 3.05) is 19.9 Å². The zero-order valence-corrected chi connectivity index (χ0v) is 15.4. The highest BCUT2D eigenvalue weighted by Gasteiger charge is 2.21. The molecule has 0 fully saturated rings. The molecule has 0 bridgehead atoms. The Morgan fingerprint density at radius 1 is 1.15 bits per heavy atom. The van der Waals surface area contributed by atoms with Gasteiger partial charge in [-0.15, -0.1) is 0 Å². The molecule has 0 saturated carbocycles. The van der Waals surface area contributed by atoms with Crippen molar-refractivity contribution in [3.05, 3.63) is 65.5 Å². The lowest BCUT2D eigenvalue weighted by molar-refractivity contribution is -0.121. The number of carbonyl (C=O) groups is 1. The molecule has 2 aromatic carbocycles. The lowest BCUT2D eigenvalue weighted by Crippen LogP contribution is -2.39. The number of nitrogens with one attached hydrogen (secondary N) is 1. The third-order valence-corrected chi connectivity index (χ3v) is 4.93. The maximum atomic E-state index is 12.9. The van der Waals surface area contributed by atoms with Crippen LogP contribution < -0.4 is 10.1 Å². The number of rotatable bonds is 8. The van der Waals surface area contributed by atoms with Gasteiger partial charge in [0.05, 0.1) is 19.9 Å². The number of para-hydroxylation sites is 1. The molecule has 26 heavy (non-hydrogen) atoms. The summed E-state index contributed by atoms with van der Waals surface area (Å²) < 4.78 is 43.3. The van der Waals surface area contributed by atoms with Gasteiger partial charge in [-0.3, -0.25) is 4.79 Å². The fourth-order valence-corrected chi connectivity index (χ4v) is 3.06. The van der Waals surface area contributed by atoms with Crippen LogP contribution in [0, 0.1) is 5.82 Å². The Hall–Kier alpha value is -2.45. The number of carbonyl (C=O) groups excluding carboxylic acids is 1. The summed E-state index contributed by atoms with van der Waals surface area (Å²) in [6.45, 7) is -0.115. The quantitative estimate of drug-likeness (QED) is 0.759. The largest absolute Gasteiger partial charge is 0.496 e. The molecule has 0 atom stereocenters. The van der Waals surface area contributed by atoms with E-state index in [0.29, 0.717) is 11.3 Å². The maximum Gasteiger partial charge on any atom is 0.235 e. The first-order valence-electron chi connectivity index (χ1n) is 7.88. The van der Waals surface area contributed by atoms with E-state index >= 15 is 0 Å². The summed E-state index contributed by atoms with van der Waals surface area (Å²) in [5.74, 6) is -0.261. The van der Waals surface area contributed by atoms with Crippen molar-refractivity contribution in [3.63, 3.8) is 0 Å². The van der Waals surface area contributed by atoms with Gasteiger partial charge in [0.15, 0.2) is 0 Å². The Balaban J connectivity index is 2.03. The van der Waals surface area contributed by atoms with Gasteiger partial charge >= 0.3 is 0 Å². The zero-order valence-electron chi connectivity index (χ0n) is 14.6. The zero-order chi connectivity index (χ0) is 19.2. The predicted molar refractivity (Wildman–Crippen MR) is 96.5 cm³/mol. The summed E-state index contributed by atoms with van der Waals surface area (Å²) in [6, 6.07) is 12.7. The van der Waals surface area contributed by atoms with E-state index in [0.717, 1.165) is 16.1 Å². The minimum Gasteiger partial charge on any atom is -0.496 e. The highest BCUT2D eigenvalue weighted by Crippen LogP contribution is 2.20. The molecule has 0 unspecified atom stereocenters. The Labute approximate surface area is 152 Å². The predicted octanol–water partition coefficient (Wildman–Crippen LogP) is 1.91. The molecule has 1 N–H and O–H groups in total. The van der Waals surface area contributed by atoms with Crippen LogP contribution in [0.2, 0.25) is 0 Å². The van der Waals surface area contributed by atoms with Crippen molar-refractivity contribution < 1.29 is 22.3 Å². The Kier molecular flexibility index (Phi) is 6.70.